The fourth-order valence-electron chi connectivity index (χ4n) is 5.69. The summed E-state index contributed by atoms with van der Waals surface area (Å²) in [6.45, 7) is 0. The number of fused-ring (bicyclic) bond motifs is 3. The van der Waals surface area contributed by atoms with Gasteiger partial charge in [-0.05, 0) is 42.0 Å². The van der Waals surface area contributed by atoms with Crippen molar-refractivity contribution in [2.45, 2.75) is 11.7 Å². The molecule has 9 heteroatoms. The lowest BCUT2D eigenvalue weighted by Crippen LogP contribution is -2.51. The van der Waals surface area contributed by atoms with Crippen LogP contribution < -0.4 is 14.4 Å². The van der Waals surface area contributed by atoms with Gasteiger partial charge in [-0.15, -0.1) is 0 Å². The Morgan fingerprint density at radius 1 is 0.811 bits per heavy atom. The molecule has 3 aliphatic rings. The molecule has 0 aromatic heterocycles. The molecule has 186 valence electrons. The Balaban J connectivity index is 1.54. The minimum Gasteiger partial charge on any atom is -0.493 e. The van der Waals surface area contributed by atoms with Crippen LogP contribution in [0.3, 0.4) is 0 Å². The molecule has 2 fully saturated rings. The van der Waals surface area contributed by atoms with E-state index in [1.807, 2.05) is 0 Å². The summed E-state index contributed by atoms with van der Waals surface area (Å²) in [5.41, 5.74) is -1.04. The number of hydrogen-bond acceptors (Lipinski definition) is 7. The van der Waals surface area contributed by atoms with Gasteiger partial charge in [-0.25, -0.2) is 4.90 Å². The van der Waals surface area contributed by atoms with E-state index in [0.29, 0.717) is 27.8 Å². The van der Waals surface area contributed by atoms with Crippen molar-refractivity contribution in [2.75, 3.05) is 19.1 Å². The molecule has 0 saturated carbocycles. The Morgan fingerprint density at radius 3 is 2.03 bits per heavy atom. The number of carbonyl (C=O) groups excluding carboxylic acids is 4. The molecule has 2 amide bonds. The molecule has 2 aliphatic heterocycles. The highest BCUT2D eigenvalue weighted by molar-refractivity contribution is 6.37. The number of ketones is 2. The minimum absolute atomic E-state index is 0.171. The van der Waals surface area contributed by atoms with Gasteiger partial charge in [0.15, 0.2) is 11.5 Å². The lowest BCUT2D eigenvalue weighted by molar-refractivity contribution is -0.127. The van der Waals surface area contributed by atoms with Crippen molar-refractivity contribution in [1.29, 1.82) is 0 Å². The first-order chi connectivity index (χ1) is 17.8. The van der Waals surface area contributed by atoms with Gasteiger partial charge in [0.2, 0.25) is 29.0 Å². The number of ether oxygens (including phenoxy) is 3. The normalized spacial score (nSPS) is 23.5. The summed E-state index contributed by atoms with van der Waals surface area (Å²) in [4.78, 5) is 56.5. The Kier molecular flexibility index (Phi) is 5.22. The van der Waals surface area contributed by atoms with Gasteiger partial charge in [-0.3, -0.25) is 19.2 Å². The van der Waals surface area contributed by atoms with Gasteiger partial charge in [0.25, 0.3) is 0 Å². The van der Waals surface area contributed by atoms with E-state index in [-0.39, 0.29) is 11.1 Å². The number of hydrogen-bond donors (Lipinski definition) is 0. The van der Waals surface area contributed by atoms with Gasteiger partial charge in [0.05, 0.1) is 37.8 Å². The van der Waals surface area contributed by atoms with Crippen LogP contribution in [0, 0.1) is 11.8 Å². The van der Waals surface area contributed by atoms with Crippen LogP contribution >= 0.6 is 11.6 Å². The zero-order valence-electron chi connectivity index (χ0n) is 19.8. The zero-order chi connectivity index (χ0) is 26.1. The molecule has 3 aromatic carbocycles. The number of carbonyl (C=O) groups is 4. The highest BCUT2D eigenvalue weighted by Crippen LogP contribution is 2.58. The van der Waals surface area contributed by atoms with E-state index < -0.39 is 46.9 Å². The highest BCUT2D eigenvalue weighted by atomic mass is 35.5. The van der Waals surface area contributed by atoms with Crippen LogP contribution in [-0.2, 0) is 14.3 Å². The molecule has 0 N–H and O–H groups in total. The van der Waals surface area contributed by atoms with Crippen LogP contribution in [-0.4, -0.2) is 43.2 Å². The van der Waals surface area contributed by atoms with Gasteiger partial charge < -0.3 is 14.2 Å². The van der Waals surface area contributed by atoms with Crippen molar-refractivity contribution in [3.8, 4) is 11.5 Å². The summed E-state index contributed by atoms with van der Waals surface area (Å²) < 4.78 is 17.0. The molecule has 1 spiro atoms. The van der Waals surface area contributed by atoms with Crippen LogP contribution in [0.25, 0.3) is 0 Å². The maximum absolute atomic E-state index is 13.9. The molecule has 2 heterocycles. The van der Waals surface area contributed by atoms with E-state index in [9.17, 15) is 19.2 Å². The summed E-state index contributed by atoms with van der Waals surface area (Å²) in [6, 6.07) is 17.5. The molecule has 3 atom stereocenters. The summed E-state index contributed by atoms with van der Waals surface area (Å²) in [7, 11) is 2.96. The highest BCUT2D eigenvalue weighted by Gasteiger charge is 2.74. The number of rotatable bonds is 4. The first kappa shape index (κ1) is 23.4. The summed E-state index contributed by atoms with van der Waals surface area (Å²) >= 11 is 6.01. The van der Waals surface area contributed by atoms with Crippen LogP contribution in [0.4, 0.5) is 5.69 Å². The fraction of sp³-hybridized carbons (Fsp3) is 0.214. The van der Waals surface area contributed by atoms with Crippen LogP contribution in [0.5, 0.6) is 11.5 Å². The van der Waals surface area contributed by atoms with Crippen molar-refractivity contribution in [2.24, 2.45) is 11.8 Å². The number of imide groups is 1. The lowest BCUT2D eigenvalue weighted by Gasteiger charge is -2.27. The van der Waals surface area contributed by atoms with Crippen molar-refractivity contribution in [3.63, 3.8) is 0 Å². The SMILES string of the molecule is COc1ccc([C@H]2OC3(C(=O)c4ccccc4C3=O)[C@@H]3C(=O)N(c4ccc(Cl)cc4)C(=O)[C@@H]23)cc1OC. The molecule has 8 nitrogen and oxygen atoms in total. The van der Waals surface area contributed by atoms with E-state index in [1.54, 1.807) is 54.6 Å². The molecule has 3 aromatic rings. The Bertz CT molecular complexity index is 1460. The van der Waals surface area contributed by atoms with E-state index in [1.165, 1.54) is 26.4 Å². The number of halogens is 1. The van der Waals surface area contributed by atoms with Gasteiger partial charge in [0, 0.05) is 16.1 Å². The quantitative estimate of drug-likeness (QED) is 0.380. The molecule has 2 saturated heterocycles. The second kappa shape index (κ2) is 8.26. The lowest BCUT2D eigenvalue weighted by atomic mass is 9.77. The van der Waals surface area contributed by atoms with Crippen molar-refractivity contribution >= 4 is 40.7 Å². The maximum Gasteiger partial charge on any atom is 0.241 e. The molecule has 6 rings (SSSR count). The van der Waals surface area contributed by atoms with Gasteiger partial charge in [-0.2, -0.15) is 0 Å². The largest absolute Gasteiger partial charge is 0.493 e. The topological polar surface area (TPSA) is 99.2 Å². The Hall–Kier alpha value is -4.01. The third kappa shape index (κ3) is 3.06. The zero-order valence-corrected chi connectivity index (χ0v) is 20.5. The summed E-state index contributed by atoms with van der Waals surface area (Å²) in [6.07, 6.45) is -1.07. The monoisotopic (exact) mass is 517 g/mol. The fourth-order valence-corrected chi connectivity index (χ4v) is 5.82. The number of amides is 2. The molecule has 37 heavy (non-hydrogen) atoms. The van der Waals surface area contributed by atoms with E-state index in [2.05, 4.69) is 0 Å². The molecule has 0 radical (unpaired) electrons. The standard InChI is InChI=1S/C28H20ClNO7/c1-35-19-12-7-14(13-20(19)36-2)23-21-22(27(34)30(26(21)33)16-10-8-15(29)9-11-16)28(37-23)24(31)17-5-3-4-6-18(17)25(28)32/h3-13,21-23H,1-2H3/t21-,22+,23-/m1/s1. The second-order valence-corrected chi connectivity index (χ2v) is 9.52. The smallest absolute Gasteiger partial charge is 0.241 e. The van der Waals surface area contributed by atoms with Gasteiger partial charge in [0.1, 0.15) is 0 Å². The van der Waals surface area contributed by atoms with E-state index in [0.717, 1.165) is 4.90 Å². The molecule has 0 unspecified atom stereocenters. The maximum atomic E-state index is 13.9. The Morgan fingerprint density at radius 2 is 1.43 bits per heavy atom. The van der Waals surface area contributed by atoms with Crippen molar-refractivity contribution in [1.82, 2.24) is 0 Å². The molecule has 1 aliphatic carbocycles. The molecular formula is C28H20ClNO7. The van der Waals surface area contributed by atoms with Gasteiger partial charge in [-0.1, -0.05) is 41.9 Å². The molecular weight excluding hydrogens is 498 g/mol. The number of nitrogens with zero attached hydrogens (tertiary/aromatic N) is 1. The molecule has 0 bridgehead atoms. The number of benzene rings is 3. The summed E-state index contributed by atoms with van der Waals surface area (Å²) in [5.74, 6) is -4.12. The predicted octanol–water partition coefficient (Wildman–Crippen LogP) is 4.05. The van der Waals surface area contributed by atoms with Crippen molar-refractivity contribution in [3.05, 3.63) is 88.4 Å². The van der Waals surface area contributed by atoms with Crippen molar-refractivity contribution < 1.29 is 33.4 Å². The van der Waals surface area contributed by atoms with E-state index >= 15 is 0 Å². The van der Waals surface area contributed by atoms with Crippen LogP contribution in [0.15, 0.2) is 66.7 Å². The summed E-state index contributed by atoms with van der Waals surface area (Å²) in [5, 5.41) is 0.433. The minimum atomic E-state index is -2.15. The third-order valence-electron chi connectivity index (χ3n) is 7.34. The van der Waals surface area contributed by atoms with E-state index in [4.69, 9.17) is 25.8 Å². The predicted molar refractivity (Wildman–Crippen MR) is 132 cm³/mol. The van der Waals surface area contributed by atoms with Gasteiger partial charge >= 0.3 is 0 Å². The average molecular weight is 518 g/mol. The second-order valence-electron chi connectivity index (χ2n) is 9.08. The number of anilines is 1. The first-order valence-corrected chi connectivity index (χ1v) is 11.9. The number of Topliss-reactive ketones (excluding diaryl/α,β-unsaturated/α-hetero) is 2. The first-order valence-electron chi connectivity index (χ1n) is 11.5. The average Bonchev–Trinajstić information content (AvgIpc) is 3.49. The third-order valence-corrected chi connectivity index (χ3v) is 7.59. The number of methoxy groups -OCH3 is 2. The van der Waals surface area contributed by atoms with Crippen LogP contribution in [0.1, 0.15) is 32.4 Å². The van der Waals surface area contributed by atoms with Crippen LogP contribution in [0.2, 0.25) is 5.02 Å². The Labute approximate surface area is 216 Å².